The van der Waals surface area contributed by atoms with E-state index in [0.717, 1.165) is 25.2 Å². The van der Waals surface area contributed by atoms with Gasteiger partial charge in [-0.2, -0.15) is 0 Å². The lowest BCUT2D eigenvalue weighted by atomic mass is 9.89. The number of carbonyl (C=O) groups excluding carboxylic acids is 2. The molecule has 1 aromatic rings. The van der Waals surface area contributed by atoms with E-state index < -0.39 is 0 Å². The Hall–Kier alpha value is -1.67. The van der Waals surface area contributed by atoms with Crippen molar-refractivity contribution in [2.45, 2.75) is 18.5 Å². The first-order valence-electron chi connectivity index (χ1n) is 7.58. The Bertz CT molecular complexity index is 542. The summed E-state index contributed by atoms with van der Waals surface area (Å²) in [6.45, 7) is 1.74. The highest BCUT2D eigenvalue weighted by atomic mass is 35.5. The number of para-hydroxylation sites is 1. The molecule has 0 aliphatic carbocycles. The molecule has 3 unspecified atom stereocenters. The topological polar surface area (TPSA) is 94.3 Å². The van der Waals surface area contributed by atoms with Crippen molar-refractivity contribution in [1.82, 2.24) is 21.5 Å². The van der Waals surface area contributed by atoms with E-state index in [1.807, 2.05) is 18.2 Å². The van der Waals surface area contributed by atoms with Crippen LogP contribution < -0.4 is 26.8 Å². The number of halogens is 1. The Morgan fingerprint density at radius 3 is 2.74 bits per heavy atom. The minimum absolute atomic E-state index is 0. The number of carbonyl (C=O) groups is 2. The number of fused-ring (bicyclic) bond motifs is 1. The fourth-order valence-electron chi connectivity index (χ4n) is 2.98. The van der Waals surface area contributed by atoms with Gasteiger partial charge in [0.2, 0.25) is 11.8 Å². The first-order valence-corrected chi connectivity index (χ1v) is 7.58. The molecule has 0 radical (unpaired) electrons. The predicted molar refractivity (Wildman–Crippen MR) is 90.2 cm³/mol. The Morgan fingerprint density at radius 1 is 1.17 bits per heavy atom. The van der Waals surface area contributed by atoms with Crippen LogP contribution in [0.3, 0.4) is 0 Å². The standard InChI is InChI=1S/C15H21N5O2.ClH/c21-13(18-10-4-2-1-3-5-10)9-17-15(22)14-11-8-16-7-6-12(11)19-20-14;/h1-5,11-12,14,16,19-20H,6-9H2,(H,17,22)(H,18,21);1H. The lowest BCUT2D eigenvalue weighted by molar-refractivity contribution is -0.126. The summed E-state index contributed by atoms with van der Waals surface area (Å²) in [5.41, 5.74) is 6.92. The summed E-state index contributed by atoms with van der Waals surface area (Å²) in [7, 11) is 0. The summed E-state index contributed by atoms with van der Waals surface area (Å²) in [6.07, 6.45) is 0.996. The fourth-order valence-corrected chi connectivity index (χ4v) is 2.98. The molecule has 2 aliphatic heterocycles. The Labute approximate surface area is 141 Å². The summed E-state index contributed by atoms with van der Waals surface area (Å²) in [6, 6.07) is 9.19. The quantitative estimate of drug-likeness (QED) is 0.515. The molecular formula is C15H22ClN5O2. The van der Waals surface area contributed by atoms with Crippen LogP contribution in [0.5, 0.6) is 0 Å². The molecule has 2 heterocycles. The molecule has 126 valence electrons. The van der Waals surface area contributed by atoms with E-state index in [9.17, 15) is 9.59 Å². The number of amides is 2. The van der Waals surface area contributed by atoms with E-state index in [0.29, 0.717) is 6.04 Å². The molecule has 2 amide bonds. The average molecular weight is 340 g/mol. The van der Waals surface area contributed by atoms with Gasteiger partial charge in [0.05, 0.1) is 6.54 Å². The van der Waals surface area contributed by atoms with Crippen LogP contribution >= 0.6 is 12.4 Å². The van der Waals surface area contributed by atoms with E-state index in [1.54, 1.807) is 12.1 Å². The number of hydrogen-bond donors (Lipinski definition) is 5. The number of piperidine rings is 1. The van der Waals surface area contributed by atoms with Gasteiger partial charge in [0.1, 0.15) is 6.04 Å². The normalized spacial score (nSPS) is 25.8. The monoisotopic (exact) mass is 339 g/mol. The molecule has 2 fully saturated rings. The van der Waals surface area contributed by atoms with E-state index in [2.05, 4.69) is 26.8 Å². The second kappa shape index (κ2) is 8.26. The van der Waals surface area contributed by atoms with Gasteiger partial charge in [-0.1, -0.05) is 18.2 Å². The summed E-state index contributed by atoms with van der Waals surface area (Å²) in [4.78, 5) is 24.1. The summed E-state index contributed by atoms with van der Waals surface area (Å²) < 4.78 is 0. The van der Waals surface area contributed by atoms with Crippen molar-refractivity contribution >= 4 is 29.9 Å². The zero-order chi connectivity index (χ0) is 15.4. The Balaban J connectivity index is 0.00000192. The van der Waals surface area contributed by atoms with E-state index in [1.165, 1.54) is 0 Å². The van der Waals surface area contributed by atoms with Crippen LogP contribution in [0.4, 0.5) is 5.69 Å². The molecule has 3 atom stereocenters. The summed E-state index contributed by atoms with van der Waals surface area (Å²) in [5, 5.41) is 8.74. The Kier molecular flexibility index (Phi) is 6.35. The Morgan fingerprint density at radius 2 is 1.96 bits per heavy atom. The predicted octanol–water partition coefficient (Wildman–Crippen LogP) is -0.382. The smallest absolute Gasteiger partial charge is 0.243 e. The van der Waals surface area contributed by atoms with Crippen LogP contribution in [-0.2, 0) is 9.59 Å². The van der Waals surface area contributed by atoms with Crippen molar-refractivity contribution in [3.63, 3.8) is 0 Å². The molecule has 2 saturated heterocycles. The van der Waals surface area contributed by atoms with Crippen molar-refractivity contribution in [2.75, 3.05) is 25.0 Å². The largest absolute Gasteiger partial charge is 0.346 e. The zero-order valence-corrected chi connectivity index (χ0v) is 13.5. The molecule has 1 aromatic carbocycles. The van der Waals surface area contributed by atoms with E-state index >= 15 is 0 Å². The third kappa shape index (κ3) is 4.42. The third-order valence-electron chi connectivity index (χ3n) is 4.14. The first-order chi connectivity index (χ1) is 10.7. The van der Waals surface area contributed by atoms with Crippen molar-refractivity contribution < 1.29 is 9.59 Å². The van der Waals surface area contributed by atoms with Gasteiger partial charge >= 0.3 is 0 Å². The van der Waals surface area contributed by atoms with Gasteiger partial charge in [-0.05, 0) is 25.1 Å². The maximum Gasteiger partial charge on any atom is 0.243 e. The lowest BCUT2D eigenvalue weighted by Crippen LogP contribution is -2.50. The lowest BCUT2D eigenvalue weighted by Gasteiger charge is -2.27. The molecule has 0 aromatic heterocycles. The molecule has 5 N–H and O–H groups in total. The van der Waals surface area contributed by atoms with Crippen molar-refractivity contribution in [3.8, 4) is 0 Å². The summed E-state index contributed by atoms with van der Waals surface area (Å²) in [5.74, 6) is -0.165. The fraction of sp³-hybridized carbons (Fsp3) is 0.467. The van der Waals surface area contributed by atoms with Crippen LogP contribution in [0.15, 0.2) is 30.3 Å². The third-order valence-corrected chi connectivity index (χ3v) is 4.14. The van der Waals surface area contributed by atoms with Crippen LogP contribution in [0.2, 0.25) is 0 Å². The second-order valence-electron chi connectivity index (χ2n) is 5.66. The number of benzene rings is 1. The van der Waals surface area contributed by atoms with Gasteiger partial charge in [0.25, 0.3) is 0 Å². The van der Waals surface area contributed by atoms with Gasteiger partial charge in [-0.25, -0.2) is 5.43 Å². The number of anilines is 1. The number of nitrogens with one attached hydrogen (secondary N) is 5. The molecular weight excluding hydrogens is 318 g/mol. The molecule has 0 spiro atoms. The number of rotatable bonds is 4. The molecule has 0 saturated carbocycles. The van der Waals surface area contributed by atoms with E-state index in [-0.39, 0.29) is 42.7 Å². The average Bonchev–Trinajstić information content (AvgIpc) is 2.98. The number of hydrazine groups is 1. The molecule has 7 nitrogen and oxygen atoms in total. The van der Waals surface area contributed by atoms with Gasteiger partial charge in [-0.3, -0.25) is 15.0 Å². The van der Waals surface area contributed by atoms with Gasteiger partial charge in [0.15, 0.2) is 0 Å². The van der Waals surface area contributed by atoms with Crippen LogP contribution in [0.1, 0.15) is 6.42 Å². The van der Waals surface area contributed by atoms with Crippen LogP contribution in [-0.4, -0.2) is 43.5 Å². The molecule has 8 heteroatoms. The van der Waals surface area contributed by atoms with E-state index in [4.69, 9.17) is 0 Å². The molecule has 0 bridgehead atoms. The SMILES string of the molecule is Cl.O=C(CNC(=O)C1NNC2CCNCC21)Nc1ccccc1. The van der Waals surface area contributed by atoms with Crippen molar-refractivity contribution in [3.05, 3.63) is 30.3 Å². The van der Waals surface area contributed by atoms with Gasteiger partial charge in [0, 0.05) is 24.2 Å². The molecule has 3 rings (SSSR count). The molecule has 23 heavy (non-hydrogen) atoms. The maximum atomic E-state index is 12.2. The minimum atomic E-state index is -0.303. The highest BCUT2D eigenvalue weighted by Crippen LogP contribution is 2.19. The summed E-state index contributed by atoms with van der Waals surface area (Å²) >= 11 is 0. The van der Waals surface area contributed by atoms with Crippen molar-refractivity contribution in [1.29, 1.82) is 0 Å². The van der Waals surface area contributed by atoms with Gasteiger partial charge in [-0.15, -0.1) is 12.4 Å². The zero-order valence-electron chi connectivity index (χ0n) is 12.7. The molecule has 2 aliphatic rings. The highest BCUT2D eigenvalue weighted by molar-refractivity contribution is 5.95. The van der Waals surface area contributed by atoms with Crippen LogP contribution in [0.25, 0.3) is 0 Å². The maximum absolute atomic E-state index is 12.2. The van der Waals surface area contributed by atoms with Gasteiger partial charge < -0.3 is 16.0 Å². The first kappa shape index (κ1) is 17.7. The van der Waals surface area contributed by atoms with Crippen LogP contribution in [0, 0.1) is 5.92 Å². The minimum Gasteiger partial charge on any atom is -0.346 e. The second-order valence-corrected chi connectivity index (χ2v) is 5.66. The van der Waals surface area contributed by atoms with Crippen molar-refractivity contribution in [2.24, 2.45) is 5.92 Å². The highest BCUT2D eigenvalue weighted by Gasteiger charge is 2.40. The number of hydrogen-bond acceptors (Lipinski definition) is 5.